The van der Waals surface area contributed by atoms with Gasteiger partial charge in [0.25, 0.3) is 0 Å². The first-order valence-corrected chi connectivity index (χ1v) is 8.21. The predicted octanol–water partition coefficient (Wildman–Crippen LogP) is 3.70. The van der Waals surface area contributed by atoms with Gasteiger partial charge in [0.2, 0.25) is 0 Å². The molecule has 0 aliphatic carbocycles. The minimum absolute atomic E-state index is 0.0379. The highest BCUT2D eigenvalue weighted by Gasteiger charge is 2.05. The second kappa shape index (κ2) is 9.04. The fourth-order valence-corrected chi connectivity index (χ4v) is 2.42. The fourth-order valence-electron chi connectivity index (χ4n) is 2.42. The van der Waals surface area contributed by atoms with E-state index < -0.39 is 0 Å². The van der Waals surface area contributed by atoms with Gasteiger partial charge in [0.1, 0.15) is 11.5 Å². The highest BCUT2D eigenvalue weighted by Crippen LogP contribution is 2.25. The molecule has 0 aliphatic heterocycles. The van der Waals surface area contributed by atoms with E-state index in [0.717, 1.165) is 24.3 Å². The number of likely N-dealkylation sites (N-methyl/N-ethyl adjacent to an activating group) is 1. The maximum Gasteiger partial charge on any atom is 0.185 e. The molecule has 132 valence electrons. The van der Waals surface area contributed by atoms with Crippen molar-refractivity contribution in [1.82, 2.24) is 4.90 Å². The largest absolute Gasteiger partial charge is 0.497 e. The van der Waals surface area contributed by atoms with Crippen molar-refractivity contribution in [3.05, 3.63) is 65.2 Å². The van der Waals surface area contributed by atoms with E-state index in [1.54, 1.807) is 26.4 Å². The van der Waals surface area contributed by atoms with Crippen LogP contribution in [0.5, 0.6) is 11.5 Å². The van der Waals surface area contributed by atoms with Crippen LogP contribution in [0.15, 0.2) is 48.5 Å². The topological polar surface area (TPSA) is 38.8 Å². The van der Waals surface area contributed by atoms with Crippen LogP contribution < -0.4 is 9.47 Å². The van der Waals surface area contributed by atoms with Gasteiger partial charge in [0, 0.05) is 17.7 Å². The summed E-state index contributed by atoms with van der Waals surface area (Å²) >= 11 is 0. The average molecular weight is 339 g/mol. The zero-order chi connectivity index (χ0) is 18.2. The van der Waals surface area contributed by atoms with Crippen molar-refractivity contribution in [3.63, 3.8) is 0 Å². The minimum atomic E-state index is -0.0379. The highest BCUT2D eigenvalue weighted by molar-refractivity contribution is 6.07. The quantitative estimate of drug-likeness (QED) is 0.543. The van der Waals surface area contributed by atoms with E-state index in [-0.39, 0.29) is 5.78 Å². The van der Waals surface area contributed by atoms with Crippen molar-refractivity contribution in [2.75, 3.05) is 34.9 Å². The molecule has 2 rings (SSSR count). The van der Waals surface area contributed by atoms with Gasteiger partial charge < -0.3 is 14.4 Å². The Morgan fingerprint density at radius 3 is 2.36 bits per heavy atom. The third-order valence-corrected chi connectivity index (χ3v) is 3.94. The van der Waals surface area contributed by atoms with Gasteiger partial charge in [-0.2, -0.15) is 0 Å². The first-order valence-electron chi connectivity index (χ1n) is 8.21. The Morgan fingerprint density at radius 1 is 1.04 bits per heavy atom. The molecule has 0 amide bonds. The molecule has 0 saturated carbocycles. The predicted molar refractivity (Wildman–Crippen MR) is 102 cm³/mol. The Labute approximate surface area is 149 Å². The molecule has 0 fully saturated rings. The van der Waals surface area contributed by atoms with Crippen LogP contribution in [0.3, 0.4) is 0 Å². The molecular formula is C21H25NO3. The van der Waals surface area contributed by atoms with Gasteiger partial charge in [-0.25, -0.2) is 0 Å². The van der Waals surface area contributed by atoms with Gasteiger partial charge in [-0.1, -0.05) is 24.3 Å². The molecule has 25 heavy (non-hydrogen) atoms. The maximum atomic E-state index is 12.4. The van der Waals surface area contributed by atoms with E-state index in [1.165, 1.54) is 5.56 Å². The lowest BCUT2D eigenvalue weighted by atomic mass is 10.0. The molecule has 0 heterocycles. The molecule has 0 bridgehead atoms. The van der Waals surface area contributed by atoms with Crippen molar-refractivity contribution in [2.45, 2.75) is 6.42 Å². The number of methoxy groups -OCH3 is 2. The van der Waals surface area contributed by atoms with Gasteiger partial charge in [0.15, 0.2) is 5.78 Å². The van der Waals surface area contributed by atoms with Crippen molar-refractivity contribution in [2.24, 2.45) is 0 Å². The van der Waals surface area contributed by atoms with Crippen molar-refractivity contribution >= 4 is 11.9 Å². The zero-order valence-corrected chi connectivity index (χ0v) is 15.3. The molecule has 4 heteroatoms. The molecular weight excluding hydrogens is 314 g/mol. The summed E-state index contributed by atoms with van der Waals surface area (Å²) in [6.45, 7) is 0.989. The monoisotopic (exact) mass is 339 g/mol. The normalized spacial score (nSPS) is 11.1. The minimum Gasteiger partial charge on any atom is -0.497 e. The lowest BCUT2D eigenvalue weighted by molar-refractivity contribution is 0.104. The van der Waals surface area contributed by atoms with Crippen LogP contribution in [0, 0.1) is 0 Å². The number of carbonyl (C=O) groups excluding carboxylic acids is 1. The Bertz CT molecular complexity index is 733. The number of hydrogen-bond donors (Lipinski definition) is 0. The summed E-state index contributed by atoms with van der Waals surface area (Å²) in [6.07, 6.45) is 4.29. The van der Waals surface area contributed by atoms with Gasteiger partial charge >= 0.3 is 0 Å². The number of nitrogens with zero attached hydrogens (tertiary/aromatic N) is 1. The number of ketones is 1. The number of benzene rings is 2. The first kappa shape index (κ1) is 18.7. The summed E-state index contributed by atoms with van der Waals surface area (Å²) in [5.41, 5.74) is 2.70. The van der Waals surface area contributed by atoms with Crippen molar-refractivity contribution in [1.29, 1.82) is 0 Å². The van der Waals surface area contributed by atoms with E-state index in [9.17, 15) is 4.79 Å². The number of carbonyl (C=O) groups is 1. The third-order valence-electron chi connectivity index (χ3n) is 3.94. The highest BCUT2D eigenvalue weighted by atomic mass is 16.5. The Kier molecular flexibility index (Phi) is 6.78. The third kappa shape index (κ3) is 5.47. The van der Waals surface area contributed by atoms with Crippen LogP contribution in [0.2, 0.25) is 0 Å². The van der Waals surface area contributed by atoms with E-state index in [2.05, 4.69) is 19.0 Å². The molecule has 0 spiro atoms. The van der Waals surface area contributed by atoms with Gasteiger partial charge in [-0.05, 0) is 56.4 Å². The summed E-state index contributed by atoms with van der Waals surface area (Å²) in [5, 5.41) is 0. The van der Waals surface area contributed by atoms with Gasteiger partial charge in [-0.3, -0.25) is 4.79 Å². The SMILES string of the molecule is COc1ccc(OC)c(C=CC(=O)c2ccc(CCN(C)C)cc2)c1. The Hall–Kier alpha value is -2.59. The van der Waals surface area contributed by atoms with Gasteiger partial charge in [-0.15, -0.1) is 0 Å². The van der Waals surface area contributed by atoms with Crippen molar-refractivity contribution in [3.8, 4) is 11.5 Å². The standard InChI is InChI=1S/C21H25NO3/c1-22(2)14-13-16-5-7-17(8-6-16)20(23)11-9-18-15-19(24-3)10-12-21(18)25-4/h5-12,15H,13-14H2,1-4H3. The smallest absolute Gasteiger partial charge is 0.185 e. The first-order chi connectivity index (χ1) is 12.0. The number of rotatable bonds is 8. The molecule has 4 nitrogen and oxygen atoms in total. The summed E-state index contributed by atoms with van der Waals surface area (Å²) in [5.74, 6) is 1.38. The number of hydrogen-bond acceptors (Lipinski definition) is 4. The van der Waals surface area contributed by atoms with Crippen LogP contribution >= 0.6 is 0 Å². The van der Waals surface area contributed by atoms with Crippen LogP contribution in [-0.4, -0.2) is 45.5 Å². The van der Waals surface area contributed by atoms with Crippen LogP contribution in [-0.2, 0) is 6.42 Å². The molecule has 0 atom stereocenters. The fraction of sp³-hybridized carbons (Fsp3) is 0.286. The van der Waals surface area contributed by atoms with E-state index >= 15 is 0 Å². The molecule has 0 aliphatic rings. The molecule has 0 saturated heterocycles. The summed E-state index contributed by atoms with van der Waals surface area (Å²) in [7, 11) is 7.32. The maximum absolute atomic E-state index is 12.4. The second-order valence-corrected chi connectivity index (χ2v) is 6.06. The molecule has 2 aromatic rings. The second-order valence-electron chi connectivity index (χ2n) is 6.06. The summed E-state index contributed by atoms with van der Waals surface area (Å²) in [4.78, 5) is 14.5. The molecule has 0 aromatic heterocycles. The lowest BCUT2D eigenvalue weighted by Gasteiger charge is -2.09. The number of allylic oxidation sites excluding steroid dienone is 1. The van der Waals surface area contributed by atoms with Crippen LogP contribution in [0.1, 0.15) is 21.5 Å². The molecule has 0 N–H and O–H groups in total. The van der Waals surface area contributed by atoms with E-state index in [0.29, 0.717) is 11.3 Å². The van der Waals surface area contributed by atoms with E-state index in [4.69, 9.17) is 9.47 Å². The summed E-state index contributed by atoms with van der Waals surface area (Å²) < 4.78 is 10.5. The Balaban J connectivity index is 2.10. The van der Waals surface area contributed by atoms with Crippen LogP contribution in [0.25, 0.3) is 6.08 Å². The molecule has 2 aromatic carbocycles. The average Bonchev–Trinajstić information content (AvgIpc) is 2.64. The zero-order valence-electron chi connectivity index (χ0n) is 15.3. The van der Waals surface area contributed by atoms with E-state index in [1.807, 2.05) is 42.5 Å². The van der Waals surface area contributed by atoms with Crippen molar-refractivity contribution < 1.29 is 14.3 Å². The lowest BCUT2D eigenvalue weighted by Crippen LogP contribution is -2.15. The number of ether oxygens (including phenoxy) is 2. The van der Waals surface area contributed by atoms with Crippen LogP contribution in [0.4, 0.5) is 0 Å². The molecule has 0 radical (unpaired) electrons. The molecule has 0 unspecified atom stereocenters. The Morgan fingerprint density at radius 2 is 1.76 bits per heavy atom. The summed E-state index contributed by atoms with van der Waals surface area (Å²) in [6, 6.07) is 13.3. The van der Waals surface area contributed by atoms with Gasteiger partial charge in [0.05, 0.1) is 14.2 Å².